The molecule has 0 atom stereocenters. The molecule has 1 heteroatoms. The average Bonchev–Trinajstić information content (AvgIpc) is 2.30. The first-order valence-corrected chi connectivity index (χ1v) is 5.16. The molecule has 1 aromatic rings. The van der Waals surface area contributed by atoms with Crippen LogP contribution in [0.25, 0.3) is 6.08 Å². The van der Waals surface area contributed by atoms with Crippen molar-refractivity contribution in [2.45, 2.75) is 6.92 Å². The Morgan fingerprint density at radius 3 is 2.62 bits per heavy atom. The maximum Gasteiger partial charge on any atom is 0.134 e. The normalized spacial score (nSPS) is 11.4. The largest absolute Gasteiger partial charge is 0.457 e. The lowest BCUT2D eigenvalue weighted by atomic mass is 10.2. The third-order valence-corrected chi connectivity index (χ3v) is 1.98. The second-order valence-corrected chi connectivity index (χ2v) is 3.15. The molecule has 0 saturated heterocycles. The molecule has 1 aromatic carbocycles. The van der Waals surface area contributed by atoms with Gasteiger partial charge in [-0.2, -0.15) is 0 Å². The minimum atomic E-state index is 0.756. The molecule has 0 radical (unpaired) electrons. The van der Waals surface area contributed by atoms with Crippen molar-refractivity contribution in [2.24, 2.45) is 0 Å². The summed E-state index contributed by atoms with van der Waals surface area (Å²) in [6.45, 7) is 9.35. The molecule has 0 aliphatic rings. The zero-order chi connectivity index (χ0) is 11.8. The summed E-state index contributed by atoms with van der Waals surface area (Å²) in [7, 11) is 0. The number of para-hydroxylation sites is 1. The van der Waals surface area contributed by atoms with Crippen LogP contribution in [0.4, 0.5) is 0 Å². The van der Waals surface area contributed by atoms with Crippen LogP contribution in [0.15, 0.2) is 67.5 Å². The van der Waals surface area contributed by atoms with Gasteiger partial charge in [0.15, 0.2) is 0 Å². The van der Waals surface area contributed by atoms with Crippen molar-refractivity contribution in [3.63, 3.8) is 0 Å². The maximum atomic E-state index is 5.75. The fraction of sp³-hybridized carbons (Fsp3) is 0.0667. The molecule has 1 rings (SSSR count). The smallest absolute Gasteiger partial charge is 0.134 e. The van der Waals surface area contributed by atoms with Gasteiger partial charge in [-0.25, -0.2) is 0 Å². The second kappa shape index (κ2) is 6.46. The molecular formula is C15H16O. The van der Waals surface area contributed by atoms with Crippen molar-refractivity contribution in [2.75, 3.05) is 0 Å². The van der Waals surface area contributed by atoms with Crippen LogP contribution in [0, 0.1) is 0 Å². The Morgan fingerprint density at radius 2 is 2.00 bits per heavy atom. The van der Waals surface area contributed by atoms with Gasteiger partial charge in [-0.1, -0.05) is 49.6 Å². The summed E-state index contributed by atoms with van der Waals surface area (Å²) in [5.41, 5.74) is 0.974. The first kappa shape index (κ1) is 12.1. The highest BCUT2D eigenvalue weighted by molar-refractivity contribution is 5.56. The lowest BCUT2D eigenvalue weighted by Gasteiger charge is -2.08. The van der Waals surface area contributed by atoms with Crippen molar-refractivity contribution in [3.8, 4) is 5.75 Å². The number of rotatable bonds is 5. The lowest BCUT2D eigenvalue weighted by Crippen LogP contribution is -1.93. The minimum Gasteiger partial charge on any atom is -0.457 e. The van der Waals surface area contributed by atoms with E-state index in [1.165, 1.54) is 0 Å². The molecule has 0 aliphatic heterocycles. The van der Waals surface area contributed by atoms with E-state index >= 15 is 0 Å². The standard InChI is InChI=1S/C15H16O/c1-4-9-14(10-5-2)16-15-12-8-7-11-13(15)6-3/h4-12H,1,3H2,2H3/b10-5-,14-9+. The zero-order valence-electron chi connectivity index (χ0n) is 9.52. The molecule has 0 unspecified atom stereocenters. The topological polar surface area (TPSA) is 9.23 Å². The van der Waals surface area contributed by atoms with E-state index in [2.05, 4.69) is 13.2 Å². The van der Waals surface area contributed by atoms with Crippen molar-refractivity contribution in [1.29, 1.82) is 0 Å². The molecule has 0 N–H and O–H groups in total. The van der Waals surface area contributed by atoms with Crippen LogP contribution in [0.2, 0.25) is 0 Å². The predicted octanol–water partition coefficient (Wildman–Crippen LogP) is 4.35. The van der Waals surface area contributed by atoms with Crippen LogP contribution in [0.3, 0.4) is 0 Å². The van der Waals surface area contributed by atoms with Crippen LogP contribution in [0.5, 0.6) is 5.75 Å². The molecule has 16 heavy (non-hydrogen) atoms. The molecule has 0 aliphatic carbocycles. The summed E-state index contributed by atoms with van der Waals surface area (Å²) >= 11 is 0. The summed E-state index contributed by atoms with van der Waals surface area (Å²) in [6, 6.07) is 7.76. The van der Waals surface area contributed by atoms with Gasteiger partial charge in [0.25, 0.3) is 0 Å². The third-order valence-electron chi connectivity index (χ3n) is 1.98. The van der Waals surface area contributed by atoms with E-state index in [9.17, 15) is 0 Å². The van der Waals surface area contributed by atoms with E-state index in [1.807, 2.05) is 49.4 Å². The van der Waals surface area contributed by atoms with E-state index < -0.39 is 0 Å². The van der Waals surface area contributed by atoms with E-state index in [1.54, 1.807) is 12.2 Å². The average molecular weight is 212 g/mol. The highest BCUT2D eigenvalue weighted by atomic mass is 16.5. The van der Waals surface area contributed by atoms with Crippen molar-refractivity contribution >= 4 is 6.08 Å². The van der Waals surface area contributed by atoms with Gasteiger partial charge in [-0.3, -0.25) is 0 Å². The van der Waals surface area contributed by atoms with Gasteiger partial charge in [-0.15, -0.1) is 0 Å². The van der Waals surface area contributed by atoms with Crippen LogP contribution >= 0.6 is 0 Å². The maximum absolute atomic E-state index is 5.75. The molecule has 0 spiro atoms. The number of allylic oxidation sites excluding steroid dienone is 4. The molecule has 0 bridgehead atoms. The van der Waals surface area contributed by atoms with E-state index in [-0.39, 0.29) is 0 Å². The van der Waals surface area contributed by atoms with Gasteiger partial charge in [0.1, 0.15) is 11.5 Å². The van der Waals surface area contributed by atoms with Crippen molar-refractivity contribution < 1.29 is 4.74 Å². The first-order valence-electron chi connectivity index (χ1n) is 5.16. The quantitative estimate of drug-likeness (QED) is 0.520. The zero-order valence-corrected chi connectivity index (χ0v) is 9.52. The Bertz CT molecular complexity index is 425. The van der Waals surface area contributed by atoms with Crippen LogP contribution in [0.1, 0.15) is 12.5 Å². The Morgan fingerprint density at radius 1 is 1.25 bits per heavy atom. The monoisotopic (exact) mass is 212 g/mol. The number of ether oxygens (including phenoxy) is 1. The van der Waals surface area contributed by atoms with E-state index in [4.69, 9.17) is 4.74 Å². The fourth-order valence-electron chi connectivity index (χ4n) is 1.27. The summed E-state index contributed by atoms with van der Waals surface area (Å²) in [5, 5.41) is 0. The number of hydrogen-bond acceptors (Lipinski definition) is 1. The molecule has 82 valence electrons. The number of hydrogen-bond donors (Lipinski definition) is 0. The first-order chi connectivity index (χ1) is 7.81. The summed E-state index contributed by atoms with van der Waals surface area (Å²) in [6.07, 6.45) is 9.11. The van der Waals surface area contributed by atoms with Crippen LogP contribution < -0.4 is 4.74 Å². The highest BCUT2D eigenvalue weighted by Gasteiger charge is 2.00. The Hall–Kier alpha value is -2.02. The van der Waals surface area contributed by atoms with Gasteiger partial charge in [0.05, 0.1) is 0 Å². The van der Waals surface area contributed by atoms with Crippen LogP contribution in [-0.4, -0.2) is 0 Å². The van der Waals surface area contributed by atoms with E-state index in [0.717, 1.165) is 17.1 Å². The summed E-state index contributed by atoms with van der Waals surface area (Å²) in [5.74, 6) is 1.55. The van der Waals surface area contributed by atoms with Gasteiger partial charge in [-0.05, 0) is 25.1 Å². The molecule has 0 amide bonds. The molecule has 0 aromatic heterocycles. The SMILES string of the molecule is C=C/C=C(\C=C/C)Oc1ccccc1C=C. The molecule has 0 heterocycles. The van der Waals surface area contributed by atoms with Crippen molar-refractivity contribution in [1.82, 2.24) is 0 Å². The van der Waals surface area contributed by atoms with Crippen molar-refractivity contribution in [3.05, 3.63) is 73.1 Å². The Kier molecular flexibility index (Phi) is 4.87. The third kappa shape index (κ3) is 3.28. The van der Waals surface area contributed by atoms with Gasteiger partial charge in [0, 0.05) is 5.56 Å². The van der Waals surface area contributed by atoms with E-state index in [0.29, 0.717) is 0 Å². The predicted molar refractivity (Wildman–Crippen MR) is 70.3 cm³/mol. The lowest BCUT2D eigenvalue weighted by molar-refractivity contribution is 0.443. The molecule has 1 nitrogen and oxygen atoms in total. The summed E-state index contributed by atoms with van der Waals surface area (Å²) in [4.78, 5) is 0. The minimum absolute atomic E-state index is 0.756. The van der Waals surface area contributed by atoms with Gasteiger partial charge < -0.3 is 4.74 Å². The second-order valence-electron chi connectivity index (χ2n) is 3.15. The molecule has 0 fully saturated rings. The van der Waals surface area contributed by atoms with Gasteiger partial charge in [0.2, 0.25) is 0 Å². The Balaban J connectivity index is 2.97. The van der Waals surface area contributed by atoms with Crippen LogP contribution in [-0.2, 0) is 0 Å². The van der Waals surface area contributed by atoms with Gasteiger partial charge >= 0.3 is 0 Å². The number of benzene rings is 1. The molecular weight excluding hydrogens is 196 g/mol. The fourth-order valence-corrected chi connectivity index (χ4v) is 1.27. The Labute approximate surface area is 97.1 Å². The molecule has 0 saturated carbocycles. The summed E-state index contributed by atoms with van der Waals surface area (Å²) < 4.78 is 5.75. The highest BCUT2D eigenvalue weighted by Crippen LogP contribution is 2.21.